The fourth-order valence-electron chi connectivity index (χ4n) is 9.55. The highest BCUT2D eigenvalue weighted by Crippen LogP contribution is 2.28. The summed E-state index contributed by atoms with van der Waals surface area (Å²) in [6.45, 7) is 16.0. The molecule has 0 aliphatic heterocycles. The van der Waals surface area contributed by atoms with Crippen LogP contribution in [-0.2, 0) is 82.8 Å². The Morgan fingerprint density at radius 2 is 0.750 bits per heavy atom. The van der Waals surface area contributed by atoms with E-state index in [0.29, 0.717) is 111 Å². The maximum Gasteiger partial charge on any atom is 0.369 e. The van der Waals surface area contributed by atoms with Gasteiger partial charge >= 0.3 is 22.8 Å². The highest BCUT2D eigenvalue weighted by atomic mass is 16.5. The lowest BCUT2D eigenvalue weighted by Gasteiger charge is -2.10. The summed E-state index contributed by atoms with van der Waals surface area (Å²) in [4.78, 5) is 48.8. The molecule has 8 aromatic heterocycles. The third kappa shape index (κ3) is 14.6. The maximum absolute atomic E-state index is 12.3. The second-order valence-electron chi connectivity index (χ2n) is 21.2. The predicted molar refractivity (Wildman–Crippen MR) is 349 cm³/mol. The third-order valence-corrected chi connectivity index (χ3v) is 14.5. The summed E-state index contributed by atoms with van der Waals surface area (Å²) in [6, 6.07) is 22.2. The van der Waals surface area contributed by atoms with Crippen LogP contribution in [0.3, 0.4) is 0 Å². The van der Waals surface area contributed by atoms with Crippen molar-refractivity contribution in [1.29, 1.82) is 0 Å². The molecule has 0 amide bonds. The standard InChI is InChI=1S/C16H20N6O3.C16H18N6O2.C16H16N6O2.C15H18N6O2/c1-5-24-14-12(10-25-13-9-7-6-8-11(13)2)15(20(3)17-14)22-16(23)21(4)18-19-22;2*1-5-13-12(10-24-14-9-7-6-8-11(14)2)15(20(3)17-13)22-16(23)21(4)18-19-22;1-10-7-5-6-8-13(10)23-9-12-11(2)16-19(3)14(12)21-15(22)20(4)17-18-21/h6-9H,5,10H2,1-4H3;5-9H,1,10H2,2-4H3;1,6-9H,10H2,2-4H3;5-8H,9H2,1-4H3/i3*6T;5T. The van der Waals surface area contributed by atoms with Gasteiger partial charge < -0.3 is 23.7 Å². The van der Waals surface area contributed by atoms with Crippen molar-refractivity contribution in [3.8, 4) is 64.5 Å². The molecule has 0 spiro atoms. The fourth-order valence-corrected chi connectivity index (χ4v) is 9.55. The first-order valence-electron chi connectivity index (χ1n) is 31.3. The van der Waals surface area contributed by atoms with Crippen LogP contribution in [0.1, 0.15) is 74.0 Å². The summed E-state index contributed by atoms with van der Waals surface area (Å²) in [5, 5.41) is 47.7. The largest absolute Gasteiger partial charge is 0.488 e. The number of hydrogen-bond donors (Lipinski definition) is 0. The van der Waals surface area contributed by atoms with E-state index in [0.717, 1.165) is 61.6 Å². The maximum atomic E-state index is 12.3. The van der Waals surface area contributed by atoms with E-state index < -0.39 is 11.4 Å². The zero-order valence-corrected chi connectivity index (χ0v) is 55.2. The van der Waals surface area contributed by atoms with E-state index in [1.165, 1.54) is 46.9 Å². The molecule has 33 heteroatoms. The van der Waals surface area contributed by atoms with Gasteiger partial charge in [-0.3, -0.25) is 4.68 Å². The molecule has 33 nitrogen and oxygen atoms in total. The van der Waals surface area contributed by atoms with Crippen molar-refractivity contribution >= 4 is 6.08 Å². The summed E-state index contributed by atoms with van der Waals surface area (Å²) < 4.78 is 75.0. The first-order valence-corrected chi connectivity index (χ1v) is 29.3. The van der Waals surface area contributed by atoms with Crippen molar-refractivity contribution < 1.29 is 29.2 Å². The average molecular weight is 1320 g/mol. The predicted octanol–water partition coefficient (Wildman–Crippen LogP) is 3.68. The van der Waals surface area contributed by atoms with Gasteiger partial charge in [0, 0.05) is 56.4 Å². The number of aromatic nitrogens is 24. The highest BCUT2D eigenvalue weighted by Gasteiger charge is 2.26. The van der Waals surface area contributed by atoms with Crippen molar-refractivity contribution in [1.82, 2.24) is 118 Å². The third-order valence-electron chi connectivity index (χ3n) is 14.5. The normalized spacial score (nSPS) is 11.4. The van der Waals surface area contributed by atoms with Gasteiger partial charge in [-0.05, 0) is 142 Å². The molecular weight excluding hydrogens is 1240 g/mol. The molecule has 0 bridgehead atoms. The van der Waals surface area contributed by atoms with Gasteiger partial charge in [0.1, 0.15) is 55.1 Å². The number of para-hydroxylation sites is 4. The molecule has 0 saturated carbocycles. The molecule has 12 aromatic rings. The number of tetrazole rings is 4. The Kier molecular flexibility index (Phi) is 19.4. The van der Waals surface area contributed by atoms with Crippen LogP contribution in [-0.4, -0.2) is 125 Å². The van der Waals surface area contributed by atoms with Crippen LogP contribution in [0.15, 0.2) is 123 Å². The molecule has 0 aliphatic rings. The average Bonchev–Trinajstić information content (AvgIpc) is 1.65. The van der Waals surface area contributed by atoms with Crippen molar-refractivity contribution in [3.05, 3.63) is 207 Å². The quantitative estimate of drug-likeness (QED) is 0.104. The van der Waals surface area contributed by atoms with Gasteiger partial charge in [-0.2, -0.15) is 34.0 Å². The van der Waals surface area contributed by atoms with Gasteiger partial charge in [0.25, 0.3) is 0 Å². The Morgan fingerprint density at radius 1 is 0.427 bits per heavy atom. The van der Waals surface area contributed by atoms with E-state index in [1.54, 1.807) is 116 Å². The number of hydrogen-bond acceptors (Lipinski definition) is 21. The topological polar surface area (TPSA) is 328 Å². The molecule has 0 atom stereocenters. The Hall–Kier alpha value is -12.5. The minimum atomic E-state index is -0.414. The number of aryl methyl sites for hydroxylation is 13. The summed E-state index contributed by atoms with van der Waals surface area (Å²) >= 11 is 0. The van der Waals surface area contributed by atoms with Crippen LogP contribution < -0.4 is 46.4 Å². The van der Waals surface area contributed by atoms with Crippen LogP contribution >= 0.6 is 0 Å². The highest BCUT2D eigenvalue weighted by molar-refractivity contribution is 5.53. The summed E-state index contributed by atoms with van der Waals surface area (Å²) in [5.41, 5.74) is 6.16. The molecule has 498 valence electrons. The van der Waals surface area contributed by atoms with Gasteiger partial charge in [0.2, 0.25) is 5.88 Å². The minimum Gasteiger partial charge on any atom is -0.488 e. The molecule has 12 rings (SSSR count). The molecule has 0 fully saturated rings. The van der Waals surface area contributed by atoms with Crippen LogP contribution in [0.2, 0.25) is 0 Å². The fraction of sp³-hybridized carbons (Fsp3) is 0.302. The summed E-state index contributed by atoms with van der Waals surface area (Å²) in [5.74, 6) is 7.33. The number of terminal acetylenes is 1. The van der Waals surface area contributed by atoms with E-state index in [-0.39, 0.29) is 37.8 Å². The molecule has 0 radical (unpaired) electrons. The van der Waals surface area contributed by atoms with E-state index in [1.807, 2.05) is 41.5 Å². The van der Waals surface area contributed by atoms with Gasteiger partial charge in [0.05, 0.1) is 45.7 Å². The van der Waals surface area contributed by atoms with Gasteiger partial charge in [-0.1, -0.05) is 79.3 Å². The molecular formula is C63H72N24O9. The molecule has 0 N–H and O–H groups in total. The molecule has 4 aromatic carbocycles. The Morgan fingerprint density at radius 3 is 1.10 bits per heavy atom. The second-order valence-corrected chi connectivity index (χ2v) is 21.2. The smallest absolute Gasteiger partial charge is 0.369 e. The van der Waals surface area contributed by atoms with Crippen LogP contribution in [0, 0.1) is 47.0 Å². The summed E-state index contributed by atoms with van der Waals surface area (Å²) in [7, 11) is 12.9. The first kappa shape index (κ1) is 62.3. The molecule has 0 saturated heterocycles. The monoisotopic (exact) mass is 1320 g/mol. The van der Waals surface area contributed by atoms with Gasteiger partial charge in [-0.15, -0.1) is 30.2 Å². The molecule has 96 heavy (non-hydrogen) atoms. The lowest BCUT2D eigenvalue weighted by molar-refractivity contribution is 0.281. The minimum absolute atomic E-state index is 0.101. The number of ether oxygens (including phenoxy) is 5. The Labute approximate surface area is 554 Å². The van der Waals surface area contributed by atoms with E-state index in [9.17, 15) is 19.2 Å². The van der Waals surface area contributed by atoms with Crippen molar-refractivity contribution in [2.45, 2.75) is 68.0 Å². The molecule has 0 unspecified atom stereocenters. The Balaban J connectivity index is 0.000000156. The SMILES string of the molecule is [3H]c1ccc(OCc2c(C#C)nn(C)c2-n2nnn(C)c2=O)c(C)c1.[3H]c1ccc(OCc2c(C)nn(C)c2-n2nnn(C)c2=O)c(C)c1.[3H]c1ccc(OCc2c(C=C)nn(C)c2-n2nnn(C)c2=O)c(C)c1.[3H]c1ccc(OCc2c(OCC)nn(C)c2-n2nnn(C)c2=O)c(C)c1. The van der Waals surface area contributed by atoms with Gasteiger partial charge in [-0.25, -0.2) is 33.2 Å². The first-order chi connectivity index (χ1) is 47.6. The summed E-state index contributed by atoms with van der Waals surface area (Å²) in [6.07, 6.45) is 7.14. The van der Waals surface area contributed by atoms with E-state index >= 15 is 0 Å². The molecule has 0 aliphatic carbocycles. The van der Waals surface area contributed by atoms with Crippen LogP contribution in [0.25, 0.3) is 29.3 Å². The van der Waals surface area contributed by atoms with E-state index in [2.05, 4.69) is 74.6 Å². The number of benzene rings is 4. The van der Waals surface area contributed by atoms with Crippen molar-refractivity contribution in [3.63, 3.8) is 0 Å². The van der Waals surface area contributed by atoms with Crippen LogP contribution in [0.4, 0.5) is 0 Å². The van der Waals surface area contributed by atoms with E-state index in [4.69, 9.17) is 35.6 Å². The van der Waals surface area contributed by atoms with Crippen molar-refractivity contribution in [2.75, 3.05) is 6.61 Å². The van der Waals surface area contributed by atoms with Gasteiger partial charge in [0.15, 0.2) is 23.3 Å². The molecule has 8 heterocycles. The lowest BCUT2D eigenvalue weighted by atomic mass is 10.2. The van der Waals surface area contributed by atoms with Crippen molar-refractivity contribution in [2.24, 2.45) is 56.4 Å². The zero-order valence-electron chi connectivity index (χ0n) is 59.2. The lowest BCUT2D eigenvalue weighted by Crippen LogP contribution is -2.24. The Bertz CT molecular complexity index is 5280. The zero-order chi connectivity index (χ0) is 72.5. The number of rotatable bonds is 19. The second kappa shape index (κ2) is 29.8. The number of nitrogens with zero attached hydrogens (tertiary/aromatic N) is 24. The van der Waals surface area contributed by atoms with Crippen LogP contribution in [0.5, 0.6) is 28.9 Å².